The van der Waals surface area contributed by atoms with Crippen LogP contribution in [0.1, 0.15) is 0 Å². The van der Waals surface area contributed by atoms with Crippen molar-refractivity contribution in [3.8, 4) is 0 Å². The Bertz CT molecular complexity index is 308. The van der Waals surface area contributed by atoms with E-state index < -0.39 is 43.1 Å². The summed E-state index contributed by atoms with van der Waals surface area (Å²) in [4.78, 5) is 59.9. The second kappa shape index (κ2) is 44.0. The predicted molar refractivity (Wildman–Crippen MR) is 83.1 cm³/mol. The first-order chi connectivity index (χ1) is 12.1. The second-order valence-corrected chi connectivity index (χ2v) is 1.98. The van der Waals surface area contributed by atoms with E-state index in [1.807, 2.05) is 0 Å². The second-order valence-electron chi connectivity index (χ2n) is 1.98. The summed E-state index contributed by atoms with van der Waals surface area (Å²) in [7, 11) is 0. The van der Waals surface area contributed by atoms with E-state index >= 15 is 0 Å². The number of hydrogen-bond acceptors (Lipinski definition) is 7. The van der Waals surface area contributed by atoms with Gasteiger partial charge in [-0.1, -0.05) is 0 Å². The fourth-order valence-electron chi connectivity index (χ4n) is 0. The molecule has 0 radical (unpaired) electrons. The molecular formula is C7H16CaO21. The van der Waals surface area contributed by atoms with Crippen LogP contribution < -0.4 is 0 Å². The number of carboxylic acid groups (broad SMARTS) is 14. The molecule has 21 nitrogen and oxygen atoms in total. The van der Waals surface area contributed by atoms with Crippen LogP contribution in [-0.2, 0) is 0 Å². The Labute approximate surface area is 185 Å². The molecule has 29 heavy (non-hydrogen) atoms. The Balaban J connectivity index is -0.0000000294. The van der Waals surface area contributed by atoms with E-state index in [0.29, 0.717) is 0 Å². The van der Waals surface area contributed by atoms with Gasteiger partial charge in [0.2, 0.25) is 0 Å². The monoisotopic (exact) mass is 476 g/mol. The molecular weight excluding hydrogens is 460 g/mol. The summed E-state index contributed by atoms with van der Waals surface area (Å²) >= 11 is 0. The van der Waals surface area contributed by atoms with Crippen molar-refractivity contribution in [3.63, 3.8) is 0 Å². The zero-order chi connectivity index (χ0) is 25.0. The Kier molecular flexibility index (Phi) is 75.7. The van der Waals surface area contributed by atoms with Gasteiger partial charge in [0.25, 0.3) is 0 Å². The standard InChI is InChI=1S/7CH2O3.Ca.2H/c7*2-1(3)4;;;/h7*(H2,2,3,4);;;. The molecule has 0 saturated carbocycles. The molecule has 0 fully saturated rings. The maximum atomic E-state index is 8.56. The summed E-state index contributed by atoms with van der Waals surface area (Å²) in [6.07, 6.45) is -12.8. The zero-order valence-electron chi connectivity index (χ0n) is 12.6. The summed E-state index contributed by atoms with van der Waals surface area (Å²) < 4.78 is 0. The first kappa shape index (κ1) is 49.9. The van der Waals surface area contributed by atoms with Gasteiger partial charge in [0.15, 0.2) is 0 Å². The van der Waals surface area contributed by atoms with Crippen molar-refractivity contribution in [1.29, 1.82) is 0 Å². The van der Waals surface area contributed by atoms with Crippen molar-refractivity contribution in [3.05, 3.63) is 0 Å². The SMILES string of the molecule is O=C(O)O.O=C(O)O.O=C(O)O.O=C(O)O.O=C(O)O.O=C(O)O.O=C(O)O.[CaH2]. The molecule has 14 N–H and O–H groups in total. The molecule has 0 amide bonds. The number of hydrogen-bond donors (Lipinski definition) is 14. The molecule has 22 heteroatoms. The Morgan fingerprint density at radius 3 is 0.241 bits per heavy atom. The van der Waals surface area contributed by atoms with Crippen molar-refractivity contribution < 1.29 is 105 Å². The third-order valence-electron chi connectivity index (χ3n) is 0. The molecule has 0 aliphatic carbocycles. The van der Waals surface area contributed by atoms with Gasteiger partial charge in [0.1, 0.15) is 0 Å². The van der Waals surface area contributed by atoms with Crippen LogP contribution in [0.4, 0.5) is 33.6 Å². The summed E-state index contributed by atoms with van der Waals surface area (Å²) in [6, 6.07) is 0. The summed E-state index contributed by atoms with van der Waals surface area (Å²) in [6.45, 7) is 0. The third-order valence-corrected chi connectivity index (χ3v) is 0. The molecule has 0 aliphatic rings. The summed E-state index contributed by atoms with van der Waals surface area (Å²) in [5.74, 6) is 0. The minimum atomic E-state index is -1.83. The maximum absolute atomic E-state index is 8.56. The first-order valence-electron chi connectivity index (χ1n) is 4.56. The van der Waals surface area contributed by atoms with Crippen LogP contribution in [0.3, 0.4) is 0 Å². The number of carbonyl (C=O) groups is 7. The molecule has 0 atom stereocenters. The number of rotatable bonds is 0. The molecule has 0 bridgehead atoms. The first-order valence-corrected chi connectivity index (χ1v) is 4.56. The van der Waals surface area contributed by atoms with E-state index in [1.165, 1.54) is 0 Å². The van der Waals surface area contributed by atoms with Crippen LogP contribution in [0.5, 0.6) is 0 Å². The van der Waals surface area contributed by atoms with Gasteiger partial charge in [-0.2, -0.15) is 0 Å². The average Bonchev–Trinajstić information content (AvgIpc) is 2.20. The van der Waals surface area contributed by atoms with Crippen molar-refractivity contribution >= 4 is 80.8 Å². The van der Waals surface area contributed by atoms with Gasteiger partial charge in [-0.3, -0.25) is 0 Å². The minimum absolute atomic E-state index is 0. The van der Waals surface area contributed by atoms with Gasteiger partial charge in [-0.25, -0.2) is 33.6 Å². The van der Waals surface area contributed by atoms with Gasteiger partial charge >= 0.3 is 80.8 Å². The molecule has 172 valence electrons. The van der Waals surface area contributed by atoms with Crippen LogP contribution in [0.15, 0.2) is 0 Å². The molecule has 0 aromatic heterocycles. The molecule has 0 heterocycles. The molecule has 0 spiro atoms. The molecule has 0 aromatic rings. The fourth-order valence-corrected chi connectivity index (χ4v) is 0. The van der Waals surface area contributed by atoms with E-state index in [4.69, 9.17) is 105 Å². The molecule has 0 aliphatic heterocycles. The Hall–Kier alpha value is -3.85. The fraction of sp³-hybridized carbons (Fsp3) is 0. The zero-order valence-corrected chi connectivity index (χ0v) is 12.6. The molecule has 0 rings (SSSR count). The van der Waals surface area contributed by atoms with Crippen molar-refractivity contribution in [2.24, 2.45) is 0 Å². The molecule has 0 saturated heterocycles. The van der Waals surface area contributed by atoms with E-state index in [9.17, 15) is 0 Å². The van der Waals surface area contributed by atoms with Crippen LogP contribution >= 0.6 is 0 Å². The van der Waals surface area contributed by atoms with Crippen molar-refractivity contribution in [2.45, 2.75) is 0 Å². The van der Waals surface area contributed by atoms with E-state index in [2.05, 4.69) is 0 Å². The van der Waals surface area contributed by atoms with Crippen LogP contribution in [0, 0.1) is 0 Å². The average molecular weight is 476 g/mol. The van der Waals surface area contributed by atoms with Crippen LogP contribution in [0.25, 0.3) is 0 Å². The molecule has 0 aromatic carbocycles. The summed E-state index contributed by atoms with van der Waals surface area (Å²) in [5.41, 5.74) is 0. The van der Waals surface area contributed by atoms with Crippen LogP contribution in [0.2, 0.25) is 0 Å². The van der Waals surface area contributed by atoms with Gasteiger partial charge in [-0.05, 0) is 0 Å². The van der Waals surface area contributed by atoms with Crippen LogP contribution in [-0.4, -0.2) is 152 Å². The van der Waals surface area contributed by atoms with Gasteiger partial charge in [-0.15, -0.1) is 0 Å². The Morgan fingerprint density at radius 2 is 0.241 bits per heavy atom. The van der Waals surface area contributed by atoms with E-state index in [0.717, 1.165) is 0 Å². The van der Waals surface area contributed by atoms with Gasteiger partial charge in [0, 0.05) is 0 Å². The van der Waals surface area contributed by atoms with E-state index in [1.54, 1.807) is 0 Å². The third kappa shape index (κ3) is 799. The van der Waals surface area contributed by atoms with Gasteiger partial charge < -0.3 is 71.5 Å². The predicted octanol–water partition coefficient (Wildman–Crippen LogP) is 0.641. The van der Waals surface area contributed by atoms with Gasteiger partial charge in [0.05, 0.1) is 0 Å². The van der Waals surface area contributed by atoms with Crippen molar-refractivity contribution in [1.82, 2.24) is 0 Å². The Morgan fingerprint density at radius 1 is 0.241 bits per heavy atom. The summed E-state index contributed by atoms with van der Waals surface area (Å²) in [5, 5.41) is 97.6. The normalized spacial score (nSPS) is 5.79. The van der Waals surface area contributed by atoms with E-state index in [-0.39, 0.29) is 37.7 Å². The van der Waals surface area contributed by atoms with Crippen molar-refractivity contribution in [2.75, 3.05) is 0 Å². The quantitative estimate of drug-likeness (QED) is 0.213. The topological polar surface area (TPSA) is 403 Å². The molecule has 0 unspecified atom stereocenters.